The minimum Gasteiger partial charge on any atom is -0.338 e. The molecule has 0 N–H and O–H groups in total. The van der Waals surface area contributed by atoms with Crippen LogP contribution in [0.4, 0.5) is 0 Å². The molecule has 0 spiro atoms. The fourth-order valence-corrected chi connectivity index (χ4v) is 2.08. The zero-order valence-corrected chi connectivity index (χ0v) is 10.4. The van der Waals surface area contributed by atoms with Crippen molar-refractivity contribution < 1.29 is 4.79 Å². The van der Waals surface area contributed by atoms with E-state index in [2.05, 4.69) is 0 Å². The second kappa shape index (κ2) is 4.77. The van der Waals surface area contributed by atoms with Gasteiger partial charge in [0.25, 0.3) is 0 Å². The maximum atomic E-state index is 12.0. The lowest BCUT2D eigenvalue weighted by Crippen LogP contribution is -2.37. The molecule has 1 aliphatic rings. The molecule has 94 valence electrons. The molecule has 1 aromatic heterocycles. The second-order valence-corrected chi connectivity index (χ2v) is 4.41. The van der Waals surface area contributed by atoms with Crippen molar-refractivity contribution in [2.45, 2.75) is 45.8 Å². The summed E-state index contributed by atoms with van der Waals surface area (Å²) in [5.41, 5.74) is -0.104. The van der Waals surface area contributed by atoms with Gasteiger partial charge in [0.15, 0.2) is 0 Å². The molecular formula is C12H19N3O2. The standard InChI is InChI=1S/C12H19N3O2/c1-3-13-7-8-14(12(13)17)9-11(16)15(4-2)10-5-6-10/h7-8,10H,3-6,9H2,1-2H3. The van der Waals surface area contributed by atoms with Crippen molar-refractivity contribution in [3.05, 3.63) is 22.9 Å². The average molecular weight is 237 g/mol. The van der Waals surface area contributed by atoms with Crippen LogP contribution >= 0.6 is 0 Å². The lowest BCUT2D eigenvalue weighted by atomic mass is 10.4. The van der Waals surface area contributed by atoms with Crippen LogP contribution in [-0.4, -0.2) is 32.5 Å². The molecule has 0 atom stereocenters. The van der Waals surface area contributed by atoms with Gasteiger partial charge in [-0.15, -0.1) is 0 Å². The van der Waals surface area contributed by atoms with E-state index in [1.165, 1.54) is 4.57 Å². The Morgan fingerprint density at radius 1 is 1.35 bits per heavy atom. The van der Waals surface area contributed by atoms with Crippen molar-refractivity contribution in [1.29, 1.82) is 0 Å². The summed E-state index contributed by atoms with van der Waals surface area (Å²) in [4.78, 5) is 25.7. The van der Waals surface area contributed by atoms with Crippen molar-refractivity contribution in [3.63, 3.8) is 0 Å². The molecule has 1 saturated carbocycles. The van der Waals surface area contributed by atoms with Gasteiger partial charge < -0.3 is 4.90 Å². The number of likely N-dealkylation sites (N-methyl/N-ethyl adjacent to an activating group) is 1. The monoisotopic (exact) mass is 237 g/mol. The fraction of sp³-hybridized carbons (Fsp3) is 0.667. The fourth-order valence-electron chi connectivity index (χ4n) is 2.08. The Bertz CT molecular complexity index is 457. The summed E-state index contributed by atoms with van der Waals surface area (Å²) in [6, 6.07) is 0.413. The third-order valence-electron chi connectivity index (χ3n) is 3.21. The first-order valence-corrected chi connectivity index (χ1v) is 6.22. The molecule has 0 unspecified atom stereocenters. The molecule has 0 radical (unpaired) electrons. The van der Waals surface area contributed by atoms with Gasteiger partial charge in [-0.2, -0.15) is 0 Å². The van der Waals surface area contributed by atoms with E-state index in [-0.39, 0.29) is 18.1 Å². The SMILES string of the molecule is CCN(C(=O)Cn1ccn(CC)c1=O)C1CC1. The van der Waals surface area contributed by atoms with Crippen LogP contribution < -0.4 is 5.69 Å². The molecular weight excluding hydrogens is 218 g/mol. The Balaban J connectivity index is 2.06. The number of nitrogens with zero attached hydrogens (tertiary/aromatic N) is 3. The molecule has 1 amide bonds. The summed E-state index contributed by atoms with van der Waals surface area (Å²) in [5.74, 6) is 0.0472. The molecule has 5 heteroatoms. The Kier molecular flexibility index (Phi) is 3.36. The first-order valence-electron chi connectivity index (χ1n) is 6.22. The third kappa shape index (κ3) is 2.43. The number of amides is 1. The van der Waals surface area contributed by atoms with Crippen LogP contribution in [0, 0.1) is 0 Å². The largest absolute Gasteiger partial charge is 0.338 e. The van der Waals surface area contributed by atoms with Crippen LogP contribution in [0.5, 0.6) is 0 Å². The predicted octanol–water partition coefficient (Wildman–Crippen LogP) is 0.681. The maximum Gasteiger partial charge on any atom is 0.328 e. The Morgan fingerprint density at radius 3 is 2.47 bits per heavy atom. The van der Waals surface area contributed by atoms with Crippen molar-refractivity contribution >= 4 is 5.91 Å². The van der Waals surface area contributed by atoms with Gasteiger partial charge in [0.1, 0.15) is 6.54 Å². The third-order valence-corrected chi connectivity index (χ3v) is 3.21. The summed E-state index contributed by atoms with van der Waals surface area (Å²) < 4.78 is 3.08. The van der Waals surface area contributed by atoms with Crippen LogP contribution in [0.3, 0.4) is 0 Å². The van der Waals surface area contributed by atoms with Crippen LogP contribution in [0.25, 0.3) is 0 Å². The van der Waals surface area contributed by atoms with Crippen molar-refractivity contribution in [3.8, 4) is 0 Å². The van der Waals surface area contributed by atoms with E-state index >= 15 is 0 Å². The van der Waals surface area contributed by atoms with Gasteiger partial charge in [0.2, 0.25) is 5.91 Å². The van der Waals surface area contributed by atoms with Crippen molar-refractivity contribution in [1.82, 2.24) is 14.0 Å². The number of aromatic nitrogens is 2. The van der Waals surface area contributed by atoms with E-state index < -0.39 is 0 Å². The molecule has 17 heavy (non-hydrogen) atoms. The lowest BCUT2D eigenvalue weighted by molar-refractivity contribution is -0.132. The minimum atomic E-state index is -0.104. The highest BCUT2D eigenvalue weighted by atomic mass is 16.2. The number of imidazole rings is 1. The quantitative estimate of drug-likeness (QED) is 0.756. The van der Waals surface area contributed by atoms with E-state index in [1.54, 1.807) is 17.0 Å². The average Bonchev–Trinajstić information content (AvgIpc) is 3.07. The summed E-state index contributed by atoms with van der Waals surface area (Å²) in [5, 5.41) is 0. The van der Waals surface area contributed by atoms with Gasteiger partial charge in [0, 0.05) is 31.5 Å². The summed E-state index contributed by atoms with van der Waals surface area (Å²) >= 11 is 0. The topological polar surface area (TPSA) is 47.2 Å². The minimum absolute atomic E-state index is 0.0472. The molecule has 1 aliphatic carbocycles. The first-order chi connectivity index (χ1) is 8.17. The van der Waals surface area contributed by atoms with Crippen LogP contribution in [-0.2, 0) is 17.9 Å². The van der Waals surface area contributed by atoms with Crippen LogP contribution in [0.15, 0.2) is 17.2 Å². The van der Waals surface area contributed by atoms with Gasteiger partial charge >= 0.3 is 5.69 Å². The van der Waals surface area contributed by atoms with Gasteiger partial charge in [-0.3, -0.25) is 13.9 Å². The molecule has 0 bridgehead atoms. The van der Waals surface area contributed by atoms with E-state index in [1.807, 2.05) is 18.7 Å². The van der Waals surface area contributed by atoms with E-state index in [9.17, 15) is 9.59 Å². The molecule has 1 heterocycles. The zero-order chi connectivity index (χ0) is 12.4. The highest BCUT2D eigenvalue weighted by Crippen LogP contribution is 2.26. The Morgan fingerprint density at radius 2 is 2.00 bits per heavy atom. The molecule has 0 aromatic carbocycles. The molecule has 2 rings (SSSR count). The highest BCUT2D eigenvalue weighted by molar-refractivity contribution is 5.76. The molecule has 1 fully saturated rings. The van der Waals surface area contributed by atoms with Crippen molar-refractivity contribution in [2.24, 2.45) is 0 Å². The van der Waals surface area contributed by atoms with Gasteiger partial charge in [-0.05, 0) is 26.7 Å². The Hall–Kier alpha value is -1.52. The number of carbonyl (C=O) groups excluding carboxylic acids is 1. The van der Waals surface area contributed by atoms with Gasteiger partial charge in [-0.1, -0.05) is 0 Å². The summed E-state index contributed by atoms with van der Waals surface area (Å²) in [6.07, 6.45) is 5.61. The number of hydrogen-bond donors (Lipinski definition) is 0. The number of hydrogen-bond acceptors (Lipinski definition) is 2. The Labute approximate surface area is 101 Å². The van der Waals surface area contributed by atoms with Crippen molar-refractivity contribution in [2.75, 3.05) is 6.54 Å². The second-order valence-electron chi connectivity index (χ2n) is 4.41. The molecule has 5 nitrogen and oxygen atoms in total. The van der Waals surface area contributed by atoms with Crippen LogP contribution in [0.2, 0.25) is 0 Å². The lowest BCUT2D eigenvalue weighted by Gasteiger charge is -2.20. The summed E-state index contributed by atoms with van der Waals surface area (Å²) in [6.45, 7) is 5.43. The first kappa shape index (κ1) is 12.0. The van der Waals surface area contributed by atoms with Gasteiger partial charge in [-0.25, -0.2) is 4.79 Å². The number of rotatable bonds is 5. The van der Waals surface area contributed by atoms with E-state index in [0.717, 1.165) is 19.4 Å². The maximum absolute atomic E-state index is 12.0. The predicted molar refractivity (Wildman–Crippen MR) is 64.8 cm³/mol. The normalized spacial score (nSPS) is 14.9. The molecule has 1 aromatic rings. The van der Waals surface area contributed by atoms with Crippen LogP contribution in [0.1, 0.15) is 26.7 Å². The number of aryl methyl sites for hydroxylation is 1. The zero-order valence-electron chi connectivity index (χ0n) is 10.4. The highest BCUT2D eigenvalue weighted by Gasteiger charge is 2.31. The van der Waals surface area contributed by atoms with Gasteiger partial charge in [0.05, 0.1) is 0 Å². The molecule has 0 saturated heterocycles. The summed E-state index contributed by atoms with van der Waals surface area (Å²) in [7, 11) is 0. The number of carbonyl (C=O) groups is 1. The van der Waals surface area contributed by atoms with E-state index in [4.69, 9.17) is 0 Å². The van der Waals surface area contributed by atoms with E-state index in [0.29, 0.717) is 12.6 Å². The molecule has 0 aliphatic heterocycles. The smallest absolute Gasteiger partial charge is 0.328 e.